The van der Waals surface area contributed by atoms with Crippen LogP contribution in [0.5, 0.6) is 5.75 Å². The zero-order chi connectivity index (χ0) is 13.2. The second-order valence-electron chi connectivity index (χ2n) is 2.70. The van der Waals surface area contributed by atoms with Crippen LogP contribution < -0.4 is 4.74 Å². The highest BCUT2D eigenvalue weighted by Crippen LogP contribution is 2.35. The average molecular weight is 364 g/mol. The first-order valence-corrected chi connectivity index (χ1v) is 5.03. The van der Waals surface area contributed by atoms with Crippen LogP contribution in [-0.4, -0.2) is 21.4 Å². The second kappa shape index (κ2) is 5.00. The quantitative estimate of drug-likeness (QED) is 0.384. The van der Waals surface area contributed by atoms with Crippen LogP contribution in [0, 0.1) is 13.8 Å². The van der Waals surface area contributed by atoms with Gasteiger partial charge >= 0.3 is 12.0 Å². The van der Waals surface area contributed by atoms with Crippen LogP contribution in [0.4, 0.5) is 18.9 Å². The molecular formula is C7H4F3IN2O4. The molecule has 10 heteroatoms. The topological polar surface area (TPSA) is 85.5 Å². The fraction of sp³-hybridized carbons (Fsp3) is 0.286. The lowest BCUT2D eigenvalue weighted by atomic mass is 10.3. The molecule has 1 aromatic heterocycles. The van der Waals surface area contributed by atoms with Gasteiger partial charge in [-0.1, -0.05) is 0 Å². The molecule has 0 unspecified atom stereocenters. The van der Waals surface area contributed by atoms with E-state index < -0.39 is 35.0 Å². The zero-order valence-corrected chi connectivity index (χ0v) is 10.0. The lowest BCUT2D eigenvalue weighted by Crippen LogP contribution is -2.19. The maximum Gasteiger partial charge on any atom is 0.573 e. The van der Waals surface area contributed by atoms with Gasteiger partial charge in [-0.3, -0.25) is 10.1 Å². The van der Waals surface area contributed by atoms with E-state index >= 15 is 0 Å². The Morgan fingerprint density at radius 2 is 2.18 bits per heavy atom. The SMILES string of the molecule is O=[N+]([O-])c1cc(I)nc(CO)c1OC(F)(F)F. The summed E-state index contributed by atoms with van der Waals surface area (Å²) >= 11 is 1.58. The van der Waals surface area contributed by atoms with Crippen molar-refractivity contribution >= 4 is 28.3 Å². The standard InChI is InChI=1S/C7H4F3IN2O4/c8-7(9,10)17-6-3(2-14)12-5(11)1-4(6)13(15)16/h1,14H,2H2. The molecule has 6 nitrogen and oxygen atoms in total. The minimum Gasteiger partial charge on any atom is -0.396 e. The van der Waals surface area contributed by atoms with Gasteiger partial charge in [0.2, 0.25) is 5.75 Å². The van der Waals surface area contributed by atoms with E-state index in [1.54, 1.807) is 22.6 Å². The van der Waals surface area contributed by atoms with Gasteiger partial charge in [0.05, 0.1) is 17.6 Å². The Balaban J connectivity index is 3.37. The number of aliphatic hydroxyl groups is 1. The van der Waals surface area contributed by atoms with Crippen molar-refractivity contribution in [1.29, 1.82) is 0 Å². The normalized spacial score (nSPS) is 11.4. The highest BCUT2D eigenvalue weighted by Gasteiger charge is 2.36. The van der Waals surface area contributed by atoms with Crippen molar-refractivity contribution in [3.05, 3.63) is 25.6 Å². The van der Waals surface area contributed by atoms with E-state index in [9.17, 15) is 23.3 Å². The molecule has 0 radical (unpaired) electrons. The summed E-state index contributed by atoms with van der Waals surface area (Å²) in [6.07, 6.45) is -5.09. The lowest BCUT2D eigenvalue weighted by molar-refractivity contribution is -0.389. The van der Waals surface area contributed by atoms with Crippen molar-refractivity contribution in [3.63, 3.8) is 0 Å². The smallest absolute Gasteiger partial charge is 0.396 e. The Bertz CT molecular complexity index is 451. The van der Waals surface area contributed by atoms with Crippen molar-refractivity contribution in [2.75, 3.05) is 0 Å². The molecule has 0 atom stereocenters. The van der Waals surface area contributed by atoms with Crippen molar-refractivity contribution < 1.29 is 27.9 Å². The second-order valence-corrected chi connectivity index (χ2v) is 3.81. The molecule has 0 aliphatic heterocycles. The highest BCUT2D eigenvalue weighted by molar-refractivity contribution is 14.1. The maximum atomic E-state index is 12.0. The molecule has 0 aliphatic rings. The predicted octanol–water partition coefficient (Wildman–Crippen LogP) is 1.99. The first-order chi connectivity index (χ1) is 7.74. The summed E-state index contributed by atoms with van der Waals surface area (Å²) in [5.41, 5.74) is -1.44. The Labute approximate surface area is 106 Å². The number of rotatable bonds is 3. The molecule has 0 fully saturated rings. The molecule has 0 saturated carbocycles. The Morgan fingerprint density at radius 3 is 2.59 bits per heavy atom. The number of aromatic nitrogens is 1. The van der Waals surface area contributed by atoms with Crippen LogP contribution in [0.25, 0.3) is 0 Å². The summed E-state index contributed by atoms with van der Waals surface area (Å²) in [5.74, 6) is -1.09. The molecule has 1 rings (SSSR count). The van der Waals surface area contributed by atoms with Crippen LogP contribution >= 0.6 is 22.6 Å². The fourth-order valence-electron chi connectivity index (χ4n) is 1.01. The number of nitrogens with zero attached hydrogens (tertiary/aromatic N) is 2. The summed E-state index contributed by atoms with van der Waals surface area (Å²) in [7, 11) is 0. The molecule has 0 saturated heterocycles. The van der Waals surface area contributed by atoms with Crippen molar-refractivity contribution in [1.82, 2.24) is 4.98 Å². The Kier molecular flexibility index (Phi) is 4.08. The van der Waals surface area contributed by atoms with Crippen LogP contribution in [0.2, 0.25) is 0 Å². The van der Waals surface area contributed by atoms with Gasteiger partial charge < -0.3 is 9.84 Å². The van der Waals surface area contributed by atoms with Crippen molar-refractivity contribution in [2.24, 2.45) is 0 Å². The number of alkyl halides is 3. The van der Waals surface area contributed by atoms with Gasteiger partial charge in [-0.05, 0) is 22.6 Å². The van der Waals surface area contributed by atoms with E-state index in [1.165, 1.54) is 0 Å². The number of ether oxygens (including phenoxy) is 1. The van der Waals surface area contributed by atoms with Crippen LogP contribution in [0.1, 0.15) is 5.69 Å². The molecule has 94 valence electrons. The van der Waals surface area contributed by atoms with Gasteiger partial charge in [0.15, 0.2) is 0 Å². The highest BCUT2D eigenvalue weighted by atomic mass is 127. The fourth-order valence-corrected chi connectivity index (χ4v) is 1.59. The maximum absolute atomic E-state index is 12.0. The summed E-state index contributed by atoms with van der Waals surface area (Å²) in [5, 5.41) is 19.4. The number of pyridine rings is 1. The molecule has 17 heavy (non-hydrogen) atoms. The third-order valence-corrected chi connectivity index (χ3v) is 2.11. The van der Waals surface area contributed by atoms with E-state index in [4.69, 9.17) is 5.11 Å². The zero-order valence-electron chi connectivity index (χ0n) is 7.86. The monoisotopic (exact) mass is 364 g/mol. The van der Waals surface area contributed by atoms with Gasteiger partial charge in [-0.25, -0.2) is 4.98 Å². The molecule has 1 N–H and O–H groups in total. The van der Waals surface area contributed by atoms with Crippen LogP contribution in [-0.2, 0) is 6.61 Å². The van der Waals surface area contributed by atoms with Crippen LogP contribution in [0.15, 0.2) is 6.07 Å². The first-order valence-electron chi connectivity index (χ1n) is 3.95. The molecule has 0 spiro atoms. The molecule has 0 bridgehead atoms. The lowest BCUT2D eigenvalue weighted by Gasteiger charge is -2.11. The number of hydrogen-bond acceptors (Lipinski definition) is 5. The van der Waals surface area contributed by atoms with E-state index in [1.807, 2.05) is 0 Å². The minimum atomic E-state index is -5.09. The summed E-state index contributed by atoms with van der Waals surface area (Å²) < 4.78 is 39.7. The summed E-state index contributed by atoms with van der Waals surface area (Å²) in [4.78, 5) is 13.1. The summed E-state index contributed by atoms with van der Waals surface area (Å²) in [6.45, 7) is -0.900. The van der Waals surface area contributed by atoms with Gasteiger partial charge in [0.1, 0.15) is 9.39 Å². The largest absolute Gasteiger partial charge is 0.573 e. The molecule has 0 aliphatic carbocycles. The van der Waals surface area contributed by atoms with E-state index in [2.05, 4.69) is 9.72 Å². The molecule has 0 amide bonds. The number of halogens is 4. The van der Waals surface area contributed by atoms with Gasteiger partial charge in [0, 0.05) is 0 Å². The van der Waals surface area contributed by atoms with E-state index in [0.29, 0.717) is 0 Å². The van der Waals surface area contributed by atoms with E-state index in [-0.39, 0.29) is 3.70 Å². The average Bonchev–Trinajstić information content (AvgIpc) is 2.17. The molecule has 1 heterocycles. The Hall–Kier alpha value is -1.17. The van der Waals surface area contributed by atoms with Crippen molar-refractivity contribution in [3.8, 4) is 5.75 Å². The minimum absolute atomic E-state index is 0.0767. The number of hydrogen-bond donors (Lipinski definition) is 1. The number of nitro groups is 1. The third kappa shape index (κ3) is 3.66. The van der Waals surface area contributed by atoms with E-state index in [0.717, 1.165) is 6.07 Å². The Morgan fingerprint density at radius 1 is 1.59 bits per heavy atom. The third-order valence-electron chi connectivity index (χ3n) is 1.56. The first kappa shape index (κ1) is 13.9. The van der Waals surface area contributed by atoms with Gasteiger partial charge in [0.25, 0.3) is 0 Å². The molecule has 1 aromatic rings. The molecular weight excluding hydrogens is 360 g/mol. The van der Waals surface area contributed by atoms with Crippen LogP contribution in [0.3, 0.4) is 0 Å². The van der Waals surface area contributed by atoms with Crippen molar-refractivity contribution in [2.45, 2.75) is 13.0 Å². The predicted molar refractivity (Wildman–Crippen MR) is 56.2 cm³/mol. The van der Waals surface area contributed by atoms with Gasteiger partial charge in [-0.15, -0.1) is 13.2 Å². The van der Waals surface area contributed by atoms with Gasteiger partial charge in [-0.2, -0.15) is 0 Å². The molecule has 0 aromatic carbocycles. The summed E-state index contributed by atoms with van der Waals surface area (Å²) in [6, 6.07) is 0.820. The number of aliphatic hydroxyl groups excluding tert-OH is 1.